The Morgan fingerprint density at radius 2 is 2.24 bits per heavy atom. The van der Waals surface area contributed by atoms with Crippen molar-refractivity contribution in [2.45, 2.75) is 6.92 Å². The Labute approximate surface area is 122 Å². The van der Waals surface area contributed by atoms with Crippen LogP contribution in [0.4, 0.5) is 0 Å². The molecule has 0 saturated heterocycles. The van der Waals surface area contributed by atoms with E-state index in [-0.39, 0.29) is 18.2 Å². The molecule has 7 nitrogen and oxygen atoms in total. The number of nitrogens with one attached hydrogen (secondary N) is 1. The van der Waals surface area contributed by atoms with Crippen LogP contribution < -0.4 is 0 Å². The molecular weight excluding hydrogens is 294 g/mol. The minimum atomic E-state index is -3.12. The fourth-order valence-electron chi connectivity index (χ4n) is 1.91. The van der Waals surface area contributed by atoms with E-state index in [1.54, 1.807) is 19.1 Å². The Kier molecular flexibility index (Phi) is 4.46. The Balaban J connectivity index is 2.21. The lowest BCUT2D eigenvalue weighted by molar-refractivity contribution is 0.0775. The molecule has 0 saturated carbocycles. The van der Waals surface area contributed by atoms with Crippen LogP contribution in [0.1, 0.15) is 17.3 Å². The number of nitrogens with zero attached hydrogens (tertiary/aromatic N) is 2. The van der Waals surface area contributed by atoms with E-state index in [4.69, 9.17) is 4.42 Å². The van der Waals surface area contributed by atoms with Crippen molar-refractivity contribution in [2.24, 2.45) is 0 Å². The van der Waals surface area contributed by atoms with Gasteiger partial charge in [0.05, 0.1) is 23.8 Å². The zero-order valence-corrected chi connectivity index (χ0v) is 12.7. The summed E-state index contributed by atoms with van der Waals surface area (Å²) in [7, 11) is -3.12. The van der Waals surface area contributed by atoms with Gasteiger partial charge in [-0.2, -0.15) is 5.10 Å². The molecule has 21 heavy (non-hydrogen) atoms. The number of carbonyl (C=O) groups excluding carboxylic acids is 1. The second-order valence-electron chi connectivity index (χ2n) is 4.65. The number of hydrogen-bond donors (Lipinski definition) is 1. The predicted molar refractivity (Wildman–Crippen MR) is 77.6 cm³/mol. The van der Waals surface area contributed by atoms with Crippen LogP contribution >= 0.6 is 0 Å². The van der Waals surface area contributed by atoms with Gasteiger partial charge in [-0.05, 0) is 19.1 Å². The Hall–Kier alpha value is -2.09. The summed E-state index contributed by atoms with van der Waals surface area (Å²) >= 11 is 0. The van der Waals surface area contributed by atoms with E-state index in [0.29, 0.717) is 23.6 Å². The van der Waals surface area contributed by atoms with Crippen molar-refractivity contribution < 1.29 is 17.6 Å². The highest BCUT2D eigenvalue weighted by atomic mass is 32.2. The van der Waals surface area contributed by atoms with Crippen molar-refractivity contribution >= 4 is 15.7 Å². The van der Waals surface area contributed by atoms with E-state index in [1.807, 2.05) is 0 Å². The molecule has 0 spiro atoms. The van der Waals surface area contributed by atoms with Crippen molar-refractivity contribution in [3.05, 3.63) is 30.2 Å². The quantitative estimate of drug-likeness (QED) is 0.864. The molecule has 0 aliphatic rings. The van der Waals surface area contributed by atoms with Crippen molar-refractivity contribution in [1.29, 1.82) is 0 Å². The summed E-state index contributed by atoms with van der Waals surface area (Å²) in [5, 5.41) is 6.60. The smallest absolute Gasteiger partial charge is 0.257 e. The molecule has 0 atom stereocenters. The van der Waals surface area contributed by atoms with Gasteiger partial charge in [-0.3, -0.25) is 9.89 Å². The summed E-state index contributed by atoms with van der Waals surface area (Å²) in [5.41, 5.74) is 0.850. The van der Waals surface area contributed by atoms with E-state index in [0.717, 1.165) is 6.26 Å². The first-order chi connectivity index (χ1) is 9.92. The fraction of sp³-hybridized carbons (Fsp3) is 0.385. The predicted octanol–water partition coefficient (Wildman–Crippen LogP) is 1.18. The molecular formula is C13H17N3O4S. The lowest BCUT2D eigenvalue weighted by atomic mass is 10.2. The average Bonchev–Trinajstić information content (AvgIpc) is 3.08. The molecule has 114 valence electrons. The van der Waals surface area contributed by atoms with Crippen LogP contribution in [0, 0.1) is 0 Å². The van der Waals surface area contributed by atoms with E-state index in [9.17, 15) is 13.2 Å². The largest absolute Gasteiger partial charge is 0.463 e. The molecule has 2 aromatic rings. The third kappa shape index (κ3) is 3.72. The highest BCUT2D eigenvalue weighted by Gasteiger charge is 2.22. The number of rotatable bonds is 6. The van der Waals surface area contributed by atoms with Gasteiger partial charge in [0, 0.05) is 19.3 Å². The van der Waals surface area contributed by atoms with Crippen LogP contribution in [0.15, 0.2) is 29.0 Å². The van der Waals surface area contributed by atoms with Crippen LogP contribution in [0.3, 0.4) is 0 Å². The van der Waals surface area contributed by atoms with Crippen molar-refractivity contribution in [1.82, 2.24) is 15.1 Å². The van der Waals surface area contributed by atoms with Gasteiger partial charge >= 0.3 is 0 Å². The van der Waals surface area contributed by atoms with Gasteiger partial charge in [0.2, 0.25) is 0 Å². The van der Waals surface area contributed by atoms with E-state index in [1.165, 1.54) is 17.4 Å². The molecule has 0 aliphatic heterocycles. The number of carbonyl (C=O) groups is 1. The van der Waals surface area contributed by atoms with Crippen LogP contribution in [0.5, 0.6) is 0 Å². The van der Waals surface area contributed by atoms with Gasteiger partial charge in [0.1, 0.15) is 15.5 Å². The lowest BCUT2D eigenvalue weighted by Crippen LogP contribution is -2.35. The first kappa shape index (κ1) is 15.3. The molecule has 8 heteroatoms. The zero-order valence-electron chi connectivity index (χ0n) is 11.9. The number of aromatic amines is 1. The van der Waals surface area contributed by atoms with Gasteiger partial charge in [-0.1, -0.05) is 0 Å². The van der Waals surface area contributed by atoms with Crippen LogP contribution in [-0.2, 0) is 9.84 Å². The molecule has 2 aromatic heterocycles. The van der Waals surface area contributed by atoms with E-state index < -0.39 is 9.84 Å². The maximum absolute atomic E-state index is 12.5. The monoisotopic (exact) mass is 311 g/mol. The first-order valence-electron chi connectivity index (χ1n) is 6.46. The highest BCUT2D eigenvalue weighted by Crippen LogP contribution is 2.22. The summed E-state index contributed by atoms with van der Waals surface area (Å²) in [5.74, 6) is 0.164. The molecule has 0 fully saturated rings. The van der Waals surface area contributed by atoms with E-state index in [2.05, 4.69) is 10.2 Å². The Bertz CT molecular complexity index is 704. The molecule has 0 bridgehead atoms. The minimum Gasteiger partial charge on any atom is -0.463 e. The third-order valence-corrected chi connectivity index (χ3v) is 3.96. The molecule has 1 N–H and O–H groups in total. The minimum absolute atomic E-state index is 0.0689. The summed E-state index contributed by atoms with van der Waals surface area (Å²) in [6, 6.07) is 3.43. The van der Waals surface area contributed by atoms with Gasteiger partial charge in [0.15, 0.2) is 5.76 Å². The summed E-state index contributed by atoms with van der Waals surface area (Å²) in [4.78, 5) is 14.0. The van der Waals surface area contributed by atoms with E-state index >= 15 is 0 Å². The van der Waals surface area contributed by atoms with Gasteiger partial charge < -0.3 is 9.32 Å². The summed E-state index contributed by atoms with van der Waals surface area (Å²) in [6.45, 7) is 2.36. The Morgan fingerprint density at radius 1 is 1.48 bits per heavy atom. The second kappa shape index (κ2) is 6.13. The maximum atomic E-state index is 12.5. The fourth-order valence-corrected chi connectivity index (χ4v) is 2.46. The standard InChI is InChI=1S/C13H17N3O4S/c1-3-16(6-8-21(2,18)19)13(17)10-9-14-15-12(10)11-5-4-7-20-11/h4-5,7,9H,3,6,8H2,1-2H3,(H,14,15). The number of aromatic nitrogens is 2. The molecule has 0 aromatic carbocycles. The van der Waals surface area contributed by atoms with Gasteiger partial charge in [-0.15, -0.1) is 0 Å². The molecule has 0 radical (unpaired) electrons. The lowest BCUT2D eigenvalue weighted by Gasteiger charge is -2.20. The highest BCUT2D eigenvalue weighted by molar-refractivity contribution is 7.90. The second-order valence-corrected chi connectivity index (χ2v) is 6.91. The molecule has 2 rings (SSSR count). The maximum Gasteiger partial charge on any atom is 0.257 e. The molecule has 2 heterocycles. The first-order valence-corrected chi connectivity index (χ1v) is 8.52. The number of H-pyrrole nitrogens is 1. The van der Waals surface area contributed by atoms with Crippen LogP contribution in [0.2, 0.25) is 0 Å². The van der Waals surface area contributed by atoms with Gasteiger partial charge in [-0.25, -0.2) is 8.42 Å². The van der Waals surface area contributed by atoms with Crippen molar-refractivity contribution in [3.63, 3.8) is 0 Å². The SMILES string of the molecule is CCN(CCS(C)(=O)=O)C(=O)c1cn[nH]c1-c1ccco1. The summed E-state index contributed by atoms with van der Waals surface area (Å²) in [6.07, 6.45) is 4.08. The Morgan fingerprint density at radius 3 is 2.81 bits per heavy atom. The van der Waals surface area contributed by atoms with Gasteiger partial charge in [0.25, 0.3) is 5.91 Å². The average molecular weight is 311 g/mol. The molecule has 1 amide bonds. The number of sulfone groups is 1. The third-order valence-electron chi connectivity index (χ3n) is 3.04. The van der Waals surface area contributed by atoms with Crippen LogP contribution in [0.25, 0.3) is 11.5 Å². The number of furan rings is 1. The number of amides is 1. The summed E-state index contributed by atoms with van der Waals surface area (Å²) < 4.78 is 27.7. The topological polar surface area (TPSA) is 96.3 Å². The molecule has 0 unspecified atom stereocenters. The molecule has 0 aliphatic carbocycles. The van der Waals surface area contributed by atoms with Crippen molar-refractivity contribution in [2.75, 3.05) is 25.1 Å². The normalized spacial score (nSPS) is 11.5. The number of hydrogen-bond acceptors (Lipinski definition) is 5. The zero-order chi connectivity index (χ0) is 15.5. The van der Waals surface area contributed by atoms with Crippen molar-refractivity contribution in [3.8, 4) is 11.5 Å². The van der Waals surface area contributed by atoms with Crippen LogP contribution in [-0.4, -0.2) is 54.5 Å².